The first kappa shape index (κ1) is 15.0. The third-order valence-electron chi connectivity index (χ3n) is 3.20. The molecule has 2 rings (SSSR count). The average Bonchev–Trinajstić information content (AvgIpc) is 2.83. The van der Waals surface area contributed by atoms with Gasteiger partial charge < -0.3 is 5.32 Å². The molecule has 2 atom stereocenters. The van der Waals surface area contributed by atoms with Crippen LogP contribution in [0.5, 0.6) is 0 Å². The Balaban J connectivity index is 2.15. The van der Waals surface area contributed by atoms with Crippen LogP contribution >= 0.6 is 11.8 Å². The van der Waals surface area contributed by atoms with Crippen molar-refractivity contribution >= 4 is 11.8 Å². The van der Waals surface area contributed by atoms with Crippen molar-refractivity contribution in [1.29, 1.82) is 0 Å². The van der Waals surface area contributed by atoms with Crippen LogP contribution in [0.4, 0.5) is 0 Å². The van der Waals surface area contributed by atoms with Gasteiger partial charge in [-0.3, -0.25) is 0 Å². The van der Waals surface area contributed by atoms with Crippen molar-refractivity contribution in [2.45, 2.75) is 37.2 Å². The summed E-state index contributed by atoms with van der Waals surface area (Å²) in [5.74, 6) is 0. The molecule has 6 heteroatoms. The second-order valence-corrected chi connectivity index (χ2v) is 6.20. The molecule has 0 aliphatic rings. The van der Waals surface area contributed by atoms with Crippen molar-refractivity contribution < 1.29 is 0 Å². The van der Waals surface area contributed by atoms with Crippen LogP contribution in [0.25, 0.3) is 0 Å². The van der Waals surface area contributed by atoms with Gasteiger partial charge in [-0.2, -0.15) is 0 Å². The Hall–Kier alpha value is -1.40. The molecule has 2 unspecified atom stereocenters. The van der Waals surface area contributed by atoms with Gasteiger partial charge in [-0.15, -0.1) is 5.10 Å². The second-order valence-electron chi connectivity index (χ2n) is 4.85. The molecule has 0 spiro atoms. The van der Waals surface area contributed by atoms with E-state index in [4.69, 9.17) is 0 Å². The standard InChI is InChI=1S/C14H21N5S/c1-5-15-13(12-8-6-10(2)7-9-12)11(3)20-14-16-17-18-19(14)4/h6-9,11,13,15H,5H2,1-4H3. The highest BCUT2D eigenvalue weighted by Crippen LogP contribution is 2.30. The Morgan fingerprint density at radius 2 is 2.00 bits per heavy atom. The highest BCUT2D eigenvalue weighted by Gasteiger charge is 2.21. The molecular formula is C14H21N5S. The van der Waals surface area contributed by atoms with Gasteiger partial charge in [-0.05, 0) is 29.5 Å². The molecule has 2 aromatic rings. The highest BCUT2D eigenvalue weighted by atomic mass is 32.2. The molecule has 0 bridgehead atoms. The van der Waals surface area contributed by atoms with Crippen LogP contribution in [0, 0.1) is 6.92 Å². The minimum absolute atomic E-state index is 0.280. The number of tetrazole rings is 1. The smallest absolute Gasteiger partial charge is 0.209 e. The summed E-state index contributed by atoms with van der Waals surface area (Å²) in [6.45, 7) is 7.37. The molecule has 1 aromatic heterocycles. The largest absolute Gasteiger partial charge is 0.309 e. The first-order chi connectivity index (χ1) is 9.61. The Labute approximate surface area is 124 Å². The third kappa shape index (κ3) is 3.58. The summed E-state index contributed by atoms with van der Waals surface area (Å²) in [5.41, 5.74) is 2.58. The van der Waals surface area contributed by atoms with E-state index in [1.54, 1.807) is 16.4 Å². The summed E-state index contributed by atoms with van der Waals surface area (Å²) in [4.78, 5) is 0. The first-order valence-electron chi connectivity index (χ1n) is 6.80. The van der Waals surface area contributed by atoms with Crippen LogP contribution in [0.15, 0.2) is 29.4 Å². The monoisotopic (exact) mass is 291 g/mol. The van der Waals surface area contributed by atoms with E-state index in [1.807, 2.05) is 7.05 Å². The summed E-state index contributed by atoms with van der Waals surface area (Å²) in [5, 5.41) is 16.3. The van der Waals surface area contributed by atoms with Gasteiger partial charge in [0.1, 0.15) is 0 Å². The lowest BCUT2D eigenvalue weighted by Gasteiger charge is -2.24. The normalized spacial score (nSPS) is 14.2. The number of hydrogen-bond acceptors (Lipinski definition) is 5. The summed E-state index contributed by atoms with van der Waals surface area (Å²) >= 11 is 1.69. The fraction of sp³-hybridized carbons (Fsp3) is 0.500. The van der Waals surface area contributed by atoms with E-state index in [0.29, 0.717) is 5.25 Å². The molecule has 0 aliphatic carbocycles. The fourth-order valence-corrected chi connectivity index (χ4v) is 3.10. The number of aromatic nitrogens is 4. The number of nitrogens with zero attached hydrogens (tertiary/aromatic N) is 4. The van der Waals surface area contributed by atoms with Crippen molar-refractivity contribution in [1.82, 2.24) is 25.5 Å². The number of thioether (sulfide) groups is 1. The van der Waals surface area contributed by atoms with E-state index in [9.17, 15) is 0 Å². The molecule has 5 nitrogen and oxygen atoms in total. The van der Waals surface area contributed by atoms with Gasteiger partial charge in [-0.25, -0.2) is 4.68 Å². The van der Waals surface area contributed by atoms with E-state index < -0.39 is 0 Å². The van der Waals surface area contributed by atoms with Crippen LogP contribution in [0.3, 0.4) is 0 Å². The maximum atomic E-state index is 4.04. The topological polar surface area (TPSA) is 55.6 Å². The maximum absolute atomic E-state index is 4.04. The third-order valence-corrected chi connectivity index (χ3v) is 4.40. The molecule has 0 fully saturated rings. The molecule has 0 saturated heterocycles. The molecule has 1 N–H and O–H groups in total. The van der Waals surface area contributed by atoms with E-state index >= 15 is 0 Å². The summed E-state index contributed by atoms with van der Waals surface area (Å²) in [7, 11) is 1.86. The second kappa shape index (κ2) is 6.85. The van der Waals surface area contributed by atoms with Crippen molar-refractivity contribution in [3.8, 4) is 0 Å². The van der Waals surface area contributed by atoms with Crippen LogP contribution in [0.1, 0.15) is 31.0 Å². The van der Waals surface area contributed by atoms with Gasteiger partial charge in [-0.1, -0.05) is 55.4 Å². The average molecular weight is 291 g/mol. The quantitative estimate of drug-likeness (QED) is 0.828. The predicted molar refractivity (Wildman–Crippen MR) is 81.7 cm³/mol. The van der Waals surface area contributed by atoms with Crippen molar-refractivity contribution in [3.63, 3.8) is 0 Å². The number of rotatable bonds is 6. The number of hydrogen-bond donors (Lipinski definition) is 1. The van der Waals surface area contributed by atoms with E-state index in [0.717, 1.165) is 11.7 Å². The van der Waals surface area contributed by atoms with Crippen molar-refractivity contribution in [3.05, 3.63) is 35.4 Å². The molecule has 1 heterocycles. The Kier molecular flexibility index (Phi) is 5.14. The Morgan fingerprint density at radius 1 is 1.30 bits per heavy atom. The highest BCUT2D eigenvalue weighted by molar-refractivity contribution is 7.99. The van der Waals surface area contributed by atoms with Crippen LogP contribution in [0.2, 0.25) is 0 Å². The molecule has 0 saturated carbocycles. The summed E-state index contributed by atoms with van der Waals surface area (Å²) < 4.78 is 1.71. The first-order valence-corrected chi connectivity index (χ1v) is 7.68. The van der Waals surface area contributed by atoms with Gasteiger partial charge >= 0.3 is 0 Å². The van der Waals surface area contributed by atoms with E-state index in [2.05, 4.69) is 65.9 Å². The van der Waals surface area contributed by atoms with Crippen molar-refractivity contribution in [2.75, 3.05) is 6.54 Å². The lowest BCUT2D eigenvalue weighted by molar-refractivity contribution is 0.545. The van der Waals surface area contributed by atoms with E-state index in [1.165, 1.54) is 11.1 Å². The molecular weight excluding hydrogens is 270 g/mol. The zero-order valence-electron chi connectivity index (χ0n) is 12.4. The molecule has 0 radical (unpaired) electrons. The minimum atomic E-state index is 0.280. The zero-order valence-corrected chi connectivity index (χ0v) is 13.2. The van der Waals surface area contributed by atoms with Gasteiger partial charge in [0, 0.05) is 18.3 Å². The molecule has 108 valence electrons. The Morgan fingerprint density at radius 3 is 2.55 bits per heavy atom. The molecule has 20 heavy (non-hydrogen) atoms. The summed E-state index contributed by atoms with van der Waals surface area (Å²) in [6, 6.07) is 8.97. The van der Waals surface area contributed by atoms with Crippen molar-refractivity contribution in [2.24, 2.45) is 7.05 Å². The van der Waals surface area contributed by atoms with E-state index in [-0.39, 0.29) is 6.04 Å². The van der Waals surface area contributed by atoms with Crippen LogP contribution < -0.4 is 5.32 Å². The molecule has 0 aliphatic heterocycles. The summed E-state index contributed by atoms with van der Waals surface area (Å²) in [6.07, 6.45) is 0. The molecule has 0 amide bonds. The van der Waals surface area contributed by atoms with Gasteiger partial charge in [0.15, 0.2) is 0 Å². The van der Waals surface area contributed by atoms with Crippen LogP contribution in [-0.2, 0) is 7.05 Å². The predicted octanol–water partition coefficient (Wildman–Crippen LogP) is 2.35. The number of aryl methyl sites for hydroxylation is 2. The number of nitrogens with one attached hydrogen (secondary N) is 1. The maximum Gasteiger partial charge on any atom is 0.209 e. The fourth-order valence-electron chi connectivity index (χ4n) is 2.10. The molecule has 1 aromatic carbocycles. The van der Waals surface area contributed by atoms with Gasteiger partial charge in [0.25, 0.3) is 0 Å². The van der Waals surface area contributed by atoms with Gasteiger partial charge in [0.2, 0.25) is 5.16 Å². The zero-order chi connectivity index (χ0) is 14.5. The minimum Gasteiger partial charge on any atom is -0.309 e. The SMILES string of the molecule is CCNC(c1ccc(C)cc1)C(C)Sc1nnnn1C. The Bertz CT molecular complexity index is 537. The van der Waals surface area contributed by atoms with Crippen LogP contribution in [-0.4, -0.2) is 32.0 Å². The lowest BCUT2D eigenvalue weighted by Crippen LogP contribution is -2.28. The number of benzene rings is 1. The van der Waals surface area contributed by atoms with Gasteiger partial charge in [0.05, 0.1) is 0 Å². The lowest BCUT2D eigenvalue weighted by atomic mass is 10.0.